The number of nitrogens with one attached hydrogen (secondary N) is 2. The second kappa shape index (κ2) is 9.75. The van der Waals surface area contributed by atoms with Crippen LogP contribution in [-0.2, 0) is 9.53 Å². The van der Waals surface area contributed by atoms with Crippen LogP contribution in [0.5, 0.6) is 0 Å². The Labute approximate surface area is 140 Å². The average molecular weight is 330 g/mol. The van der Waals surface area contributed by atoms with E-state index in [1.807, 2.05) is 34.6 Å². The van der Waals surface area contributed by atoms with Crippen LogP contribution < -0.4 is 10.6 Å². The summed E-state index contributed by atoms with van der Waals surface area (Å²) in [6.07, 6.45) is 1.05. The molecule has 6 heteroatoms. The molecule has 0 saturated carbocycles. The molecule has 0 bridgehead atoms. The Morgan fingerprint density at radius 3 is 2.13 bits per heavy atom. The second-order valence-electron chi connectivity index (χ2n) is 7.58. The highest BCUT2D eigenvalue weighted by Crippen LogP contribution is 2.11. The summed E-state index contributed by atoms with van der Waals surface area (Å²) >= 11 is 0. The van der Waals surface area contributed by atoms with Gasteiger partial charge in [-0.2, -0.15) is 0 Å². The van der Waals surface area contributed by atoms with Gasteiger partial charge in [0.1, 0.15) is 11.6 Å². The molecule has 0 rings (SSSR count). The minimum Gasteiger partial charge on any atom is -0.480 e. The number of alkyl carbamates (subject to hydrolysis) is 1. The van der Waals surface area contributed by atoms with Gasteiger partial charge < -0.3 is 20.5 Å². The number of carbonyl (C=O) groups excluding carboxylic acids is 1. The third-order valence-corrected chi connectivity index (χ3v) is 3.54. The molecule has 136 valence electrons. The summed E-state index contributed by atoms with van der Waals surface area (Å²) < 4.78 is 5.28. The minimum absolute atomic E-state index is 0.0220. The van der Waals surface area contributed by atoms with Gasteiger partial charge in [-0.3, -0.25) is 4.79 Å². The van der Waals surface area contributed by atoms with E-state index in [0.717, 1.165) is 12.8 Å². The number of amides is 1. The van der Waals surface area contributed by atoms with Gasteiger partial charge in [0.15, 0.2) is 0 Å². The first-order valence-corrected chi connectivity index (χ1v) is 8.42. The number of aliphatic carboxylic acids is 1. The highest BCUT2D eigenvalue weighted by atomic mass is 16.6. The van der Waals surface area contributed by atoms with Crippen molar-refractivity contribution in [3.8, 4) is 0 Å². The summed E-state index contributed by atoms with van der Waals surface area (Å²) in [4.78, 5) is 23.3. The standard InChI is InChI=1S/C17H34N2O4/c1-8-12(4)14(15(20)21)18-10-13(9-11(2)3)19-16(22)23-17(5,6)7/h11-14,18H,8-10H2,1-7H3,(H,19,22)(H,20,21)/t12?,13-,14+/m1/s1. The van der Waals surface area contributed by atoms with Crippen molar-refractivity contribution in [2.75, 3.05) is 6.54 Å². The largest absolute Gasteiger partial charge is 0.480 e. The molecule has 3 N–H and O–H groups in total. The Bertz CT molecular complexity index is 377. The number of carbonyl (C=O) groups is 2. The van der Waals surface area contributed by atoms with Crippen molar-refractivity contribution >= 4 is 12.1 Å². The first-order valence-electron chi connectivity index (χ1n) is 8.42. The van der Waals surface area contributed by atoms with Gasteiger partial charge in [0.2, 0.25) is 0 Å². The molecule has 0 aromatic rings. The Hall–Kier alpha value is -1.30. The Morgan fingerprint density at radius 2 is 1.74 bits per heavy atom. The van der Waals surface area contributed by atoms with Gasteiger partial charge in [0.05, 0.1) is 0 Å². The summed E-state index contributed by atoms with van der Waals surface area (Å²) in [6.45, 7) is 13.8. The van der Waals surface area contributed by atoms with E-state index in [4.69, 9.17) is 4.74 Å². The minimum atomic E-state index is -0.861. The van der Waals surface area contributed by atoms with Gasteiger partial charge >= 0.3 is 12.1 Å². The molecular weight excluding hydrogens is 296 g/mol. The van der Waals surface area contributed by atoms with E-state index in [0.29, 0.717) is 12.5 Å². The summed E-state index contributed by atoms with van der Waals surface area (Å²) in [5.74, 6) is -0.461. The number of hydrogen-bond acceptors (Lipinski definition) is 4. The van der Waals surface area contributed by atoms with Crippen molar-refractivity contribution in [2.24, 2.45) is 11.8 Å². The maximum Gasteiger partial charge on any atom is 0.407 e. The SMILES string of the molecule is CCC(C)[C@H](NC[C@@H](CC(C)C)NC(=O)OC(C)(C)C)C(=O)O. The Kier molecular flexibility index (Phi) is 9.20. The lowest BCUT2D eigenvalue weighted by Gasteiger charge is -2.27. The number of hydrogen-bond donors (Lipinski definition) is 3. The van der Waals surface area contributed by atoms with Crippen LogP contribution in [0.25, 0.3) is 0 Å². The van der Waals surface area contributed by atoms with Crippen LogP contribution in [-0.4, -0.2) is 41.4 Å². The Morgan fingerprint density at radius 1 is 1.17 bits per heavy atom. The summed E-state index contributed by atoms with van der Waals surface area (Å²) in [5.41, 5.74) is -0.555. The molecule has 0 saturated heterocycles. The number of ether oxygens (including phenoxy) is 1. The fourth-order valence-electron chi connectivity index (χ4n) is 2.27. The van der Waals surface area contributed by atoms with E-state index >= 15 is 0 Å². The van der Waals surface area contributed by atoms with Gasteiger partial charge in [-0.05, 0) is 39.0 Å². The predicted molar refractivity (Wildman–Crippen MR) is 91.5 cm³/mol. The van der Waals surface area contributed by atoms with Crippen molar-refractivity contribution in [1.82, 2.24) is 10.6 Å². The molecule has 0 aliphatic rings. The van der Waals surface area contributed by atoms with Gasteiger partial charge in [-0.15, -0.1) is 0 Å². The maximum absolute atomic E-state index is 11.9. The van der Waals surface area contributed by atoms with Crippen LogP contribution in [0.2, 0.25) is 0 Å². The molecule has 23 heavy (non-hydrogen) atoms. The van der Waals surface area contributed by atoms with Crippen molar-refractivity contribution in [2.45, 2.75) is 79.0 Å². The van der Waals surface area contributed by atoms with Gasteiger partial charge in [-0.1, -0.05) is 34.1 Å². The first-order chi connectivity index (χ1) is 10.5. The lowest BCUT2D eigenvalue weighted by molar-refractivity contribution is -0.140. The molecule has 0 radical (unpaired) electrons. The second-order valence-corrected chi connectivity index (χ2v) is 7.58. The van der Waals surface area contributed by atoms with Crippen LogP contribution >= 0.6 is 0 Å². The molecule has 0 heterocycles. The molecule has 0 aromatic carbocycles. The van der Waals surface area contributed by atoms with Crippen molar-refractivity contribution in [1.29, 1.82) is 0 Å². The van der Waals surface area contributed by atoms with E-state index in [2.05, 4.69) is 24.5 Å². The molecule has 0 fully saturated rings. The molecule has 1 unspecified atom stereocenters. The van der Waals surface area contributed by atoms with Crippen molar-refractivity contribution < 1.29 is 19.4 Å². The monoisotopic (exact) mass is 330 g/mol. The average Bonchev–Trinajstić information content (AvgIpc) is 2.34. The lowest BCUT2D eigenvalue weighted by atomic mass is 9.98. The van der Waals surface area contributed by atoms with Gasteiger partial charge in [-0.25, -0.2) is 4.79 Å². The molecule has 0 aromatic heterocycles. The van der Waals surface area contributed by atoms with Crippen LogP contribution in [0.4, 0.5) is 4.79 Å². The van der Waals surface area contributed by atoms with Crippen LogP contribution in [0.3, 0.4) is 0 Å². The summed E-state index contributed by atoms with van der Waals surface area (Å²) in [6, 6.07) is -0.786. The van der Waals surface area contributed by atoms with E-state index < -0.39 is 23.7 Å². The molecule has 0 aliphatic heterocycles. The van der Waals surface area contributed by atoms with E-state index in [1.165, 1.54) is 0 Å². The highest BCUT2D eigenvalue weighted by molar-refractivity contribution is 5.73. The zero-order valence-electron chi connectivity index (χ0n) is 15.6. The predicted octanol–water partition coefficient (Wildman–Crippen LogP) is 3.01. The summed E-state index contributed by atoms with van der Waals surface area (Å²) in [5, 5.41) is 15.2. The number of rotatable bonds is 9. The third kappa shape index (κ3) is 10.2. The van der Waals surface area contributed by atoms with E-state index in [1.54, 1.807) is 0 Å². The van der Waals surface area contributed by atoms with Crippen LogP contribution in [0.15, 0.2) is 0 Å². The third-order valence-electron chi connectivity index (χ3n) is 3.54. The zero-order chi connectivity index (χ0) is 18.2. The van der Waals surface area contributed by atoms with Crippen LogP contribution in [0.1, 0.15) is 61.3 Å². The van der Waals surface area contributed by atoms with Gasteiger partial charge in [0.25, 0.3) is 0 Å². The summed E-state index contributed by atoms with van der Waals surface area (Å²) in [7, 11) is 0. The van der Waals surface area contributed by atoms with E-state index in [-0.39, 0.29) is 12.0 Å². The topological polar surface area (TPSA) is 87.7 Å². The molecule has 0 spiro atoms. The fourth-order valence-corrected chi connectivity index (χ4v) is 2.27. The molecule has 3 atom stereocenters. The maximum atomic E-state index is 11.9. The van der Waals surface area contributed by atoms with Crippen LogP contribution in [0, 0.1) is 11.8 Å². The first kappa shape index (κ1) is 21.7. The molecular formula is C17H34N2O4. The van der Waals surface area contributed by atoms with Crippen molar-refractivity contribution in [3.05, 3.63) is 0 Å². The molecule has 0 aliphatic carbocycles. The number of carboxylic acids is 1. The lowest BCUT2D eigenvalue weighted by Crippen LogP contribution is -2.50. The van der Waals surface area contributed by atoms with E-state index in [9.17, 15) is 14.7 Å². The normalized spacial score (nSPS) is 15.8. The molecule has 1 amide bonds. The smallest absolute Gasteiger partial charge is 0.407 e. The highest BCUT2D eigenvalue weighted by Gasteiger charge is 2.25. The zero-order valence-corrected chi connectivity index (χ0v) is 15.6. The van der Waals surface area contributed by atoms with Crippen molar-refractivity contribution in [3.63, 3.8) is 0 Å². The quantitative estimate of drug-likeness (QED) is 0.605. The molecule has 6 nitrogen and oxygen atoms in total. The number of carboxylic acid groups (broad SMARTS) is 1. The van der Waals surface area contributed by atoms with Gasteiger partial charge in [0, 0.05) is 12.6 Å². The fraction of sp³-hybridized carbons (Fsp3) is 0.882. The Balaban J connectivity index is 4.72.